The van der Waals surface area contributed by atoms with Gasteiger partial charge in [0.1, 0.15) is 11.8 Å². The standard InChI is InChI=1S/C36H45N5O7/c1-23(2)41(24(3)4)35(43)26-14-17-30(32(21-26)45-6)47-19-11-10-18-46-27-15-16-28-31(22-27)48-40-33(28)39-34(42)29(38-36(44)37-5)20-25-12-8-7-9-13-25/h7-9,12-17,21-24,29H,10-11,18-20H2,1-6H3,(H2,37,38,44)(H,39,40,42)/t29-/m0/s1. The van der Waals surface area contributed by atoms with Crippen LogP contribution in [-0.2, 0) is 11.2 Å². The number of nitrogens with one attached hydrogen (secondary N) is 3. The van der Waals surface area contributed by atoms with Crippen molar-refractivity contribution in [2.75, 3.05) is 32.7 Å². The predicted molar refractivity (Wildman–Crippen MR) is 184 cm³/mol. The highest BCUT2D eigenvalue weighted by molar-refractivity contribution is 6.02. The van der Waals surface area contributed by atoms with E-state index in [2.05, 4.69) is 21.1 Å². The number of fused-ring (bicyclic) bond motifs is 1. The fourth-order valence-electron chi connectivity index (χ4n) is 5.30. The van der Waals surface area contributed by atoms with Gasteiger partial charge in [-0.2, -0.15) is 0 Å². The van der Waals surface area contributed by atoms with Crippen LogP contribution in [0.25, 0.3) is 11.0 Å². The Labute approximate surface area is 281 Å². The molecule has 1 aromatic heterocycles. The summed E-state index contributed by atoms with van der Waals surface area (Å²) in [6, 6.07) is 18.8. The van der Waals surface area contributed by atoms with Crippen molar-refractivity contribution < 1.29 is 33.1 Å². The highest BCUT2D eigenvalue weighted by Gasteiger charge is 2.24. The van der Waals surface area contributed by atoms with Gasteiger partial charge in [-0.1, -0.05) is 35.5 Å². The molecule has 0 saturated carbocycles. The molecule has 1 heterocycles. The van der Waals surface area contributed by atoms with E-state index >= 15 is 0 Å². The number of hydrogen-bond donors (Lipinski definition) is 3. The van der Waals surface area contributed by atoms with E-state index in [0.29, 0.717) is 53.4 Å². The van der Waals surface area contributed by atoms with Gasteiger partial charge < -0.3 is 39.6 Å². The number of anilines is 1. The van der Waals surface area contributed by atoms with Gasteiger partial charge in [0.25, 0.3) is 5.91 Å². The van der Waals surface area contributed by atoms with Gasteiger partial charge in [0.15, 0.2) is 22.9 Å². The number of hydrogen-bond acceptors (Lipinski definition) is 8. The average Bonchev–Trinajstić information content (AvgIpc) is 3.47. The molecule has 0 aliphatic carbocycles. The van der Waals surface area contributed by atoms with Gasteiger partial charge in [-0.05, 0) is 76.4 Å². The summed E-state index contributed by atoms with van der Waals surface area (Å²) in [5.41, 5.74) is 1.90. The number of aromatic nitrogens is 1. The van der Waals surface area contributed by atoms with Crippen LogP contribution in [0, 0.1) is 0 Å². The van der Waals surface area contributed by atoms with E-state index in [1.807, 2.05) is 62.9 Å². The Morgan fingerprint density at radius 1 is 0.875 bits per heavy atom. The van der Waals surface area contributed by atoms with E-state index in [9.17, 15) is 14.4 Å². The molecule has 0 aliphatic heterocycles. The first-order chi connectivity index (χ1) is 23.1. The first-order valence-corrected chi connectivity index (χ1v) is 16.1. The molecule has 48 heavy (non-hydrogen) atoms. The van der Waals surface area contributed by atoms with Crippen molar-refractivity contribution in [3.05, 3.63) is 77.9 Å². The number of nitrogens with zero attached hydrogens (tertiary/aromatic N) is 2. The minimum atomic E-state index is -0.833. The van der Waals surface area contributed by atoms with E-state index in [4.69, 9.17) is 18.7 Å². The number of urea groups is 1. The highest BCUT2D eigenvalue weighted by Crippen LogP contribution is 2.30. The summed E-state index contributed by atoms with van der Waals surface area (Å²) in [6.45, 7) is 8.90. The van der Waals surface area contributed by atoms with Crippen molar-refractivity contribution >= 4 is 34.6 Å². The second-order valence-corrected chi connectivity index (χ2v) is 11.8. The SMILES string of the molecule is CNC(=O)N[C@@H](Cc1ccccc1)C(=O)Nc1noc2cc(OCCCCOc3ccc(C(=O)N(C(C)C)C(C)C)cc3OC)ccc12. The van der Waals surface area contributed by atoms with Crippen molar-refractivity contribution in [1.82, 2.24) is 20.7 Å². The summed E-state index contributed by atoms with van der Waals surface area (Å²) in [7, 11) is 3.05. The fraction of sp³-hybridized carbons (Fsp3) is 0.389. The molecule has 1 atom stereocenters. The van der Waals surface area contributed by atoms with Gasteiger partial charge in [0.2, 0.25) is 5.91 Å². The molecule has 4 amide bonds. The summed E-state index contributed by atoms with van der Waals surface area (Å²) in [5.74, 6) is 1.46. The number of rotatable bonds is 16. The quantitative estimate of drug-likeness (QED) is 0.128. The minimum absolute atomic E-state index is 0.0471. The van der Waals surface area contributed by atoms with E-state index in [-0.39, 0.29) is 23.8 Å². The Kier molecular flexibility index (Phi) is 12.6. The molecule has 0 unspecified atom stereocenters. The number of benzene rings is 3. The van der Waals surface area contributed by atoms with E-state index < -0.39 is 18.0 Å². The van der Waals surface area contributed by atoms with Gasteiger partial charge in [-0.3, -0.25) is 9.59 Å². The lowest BCUT2D eigenvalue weighted by Gasteiger charge is -2.31. The van der Waals surface area contributed by atoms with Gasteiger partial charge in [0.05, 0.1) is 25.7 Å². The monoisotopic (exact) mass is 659 g/mol. The maximum absolute atomic E-state index is 13.1. The molecule has 0 fully saturated rings. The molecule has 4 aromatic rings. The summed E-state index contributed by atoms with van der Waals surface area (Å²) in [4.78, 5) is 40.1. The Morgan fingerprint density at radius 2 is 1.58 bits per heavy atom. The molecular formula is C36H45N5O7. The normalized spacial score (nSPS) is 11.7. The van der Waals surface area contributed by atoms with Crippen LogP contribution in [0.15, 0.2) is 71.3 Å². The van der Waals surface area contributed by atoms with E-state index in [0.717, 1.165) is 18.4 Å². The highest BCUT2D eigenvalue weighted by atomic mass is 16.5. The van der Waals surface area contributed by atoms with Crippen LogP contribution in [0.1, 0.15) is 56.5 Å². The first-order valence-electron chi connectivity index (χ1n) is 16.1. The van der Waals surface area contributed by atoms with Gasteiger partial charge in [0, 0.05) is 37.2 Å². The maximum atomic E-state index is 13.1. The minimum Gasteiger partial charge on any atom is -0.493 e. The molecule has 0 radical (unpaired) electrons. The molecule has 0 spiro atoms. The Hall–Kier alpha value is -5.26. The zero-order valence-electron chi connectivity index (χ0n) is 28.4. The molecular weight excluding hydrogens is 614 g/mol. The summed E-state index contributed by atoms with van der Waals surface area (Å²) >= 11 is 0. The molecule has 4 rings (SSSR count). The molecule has 3 aromatic carbocycles. The summed E-state index contributed by atoms with van der Waals surface area (Å²) in [5, 5.41) is 12.6. The van der Waals surface area contributed by atoms with Crippen LogP contribution < -0.4 is 30.2 Å². The summed E-state index contributed by atoms with van der Waals surface area (Å²) < 4.78 is 22.8. The lowest BCUT2D eigenvalue weighted by Crippen LogP contribution is -2.48. The van der Waals surface area contributed by atoms with E-state index in [1.54, 1.807) is 43.5 Å². The van der Waals surface area contributed by atoms with Gasteiger partial charge in [-0.15, -0.1) is 0 Å². The van der Waals surface area contributed by atoms with Gasteiger partial charge in [-0.25, -0.2) is 4.79 Å². The van der Waals surface area contributed by atoms with Crippen molar-refractivity contribution in [1.29, 1.82) is 0 Å². The molecule has 0 aliphatic rings. The van der Waals surface area contributed by atoms with Crippen LogP contribution in [0.3, 0.4) is 0 Å². The Balaban J connectivity index is 1.27. The zero-order chi connectivity index (χ0) is 34.6. The number of carbonyl (C=O) groups is 3. The molecule has 256 valence electrons. The van der Waals surface area contributed by atoms with Crippen LogP contribution in [0.5, 0.6) is 17.2 Å². The maximum Gasteiger partial charge on any atom is 0.315 e. The van der Waals surface area contributed by atoms with Gasteiger partial charge >= 0.3 is 6.03 Å². The molecule has 12 nitrogen and oxygen atoms in total. The molecule has 12 heteroatoms. The average molecular weight is 660 g/mol. The largest absolute Gasteiger partial charge is 0.493 e. The first kappa shape index (κ1) is 35.6. The third-order valence-electron chi connectivity index (χ3n) is 7.64. The lowest BCUT2D eigenvalue weighted by molar-refractivity contribution is -0.117. The fourth-order valence-corrected chi connectivity index (χ4v) is 5.30. The second kappa shape index (κ2) is 17.1. The third kappa shape index (κ3) is 9.40. The van der Waals surface area contributed by atoms with Crippen molar-refractivity contribution in [3.63, 3.8) is 0 Å². The number of unbranched alkanes of at least 4 members (excludes halogenated alkanes) is 1. The number of methoxy groups -OCH3 is 1. The number of carbonyl (C=O) groups excluding carboxylic acids is 3. The number of ether oxygens (including phenoxy) is 3. The predicted octanol–water partition coefficient (Wildman–Crippen LogP) is 5.81. The van der Waals surface area contributed by atoms with Crippen LogP contribution in [0.4, 0.5) is 10.6 Å². The van der Waals surface area contributed by atoms with Crippen LogP contribution in [0.2, 0.25) is 0 Å². The molecule has 0 bridgehead atoms. The van der Waals surface area contributed by atoms with Crippen LogP contribution >= 0.6 is 0 Å². The van der Waals surface area contributed by atoms with Crippen molar-refractivity contribution in [2.24, 2.45) is 0 Å². The van der Waals surface area contributed by atoms with E-state index in [1.165, 1.54) is 7.05 Å². The van der Waals surface area contributed by atoms with Crippen molar-refractivity contribution in [2.45, 2.75) is 65.1 Å². The summed E-state index contributed by atoms with van der Waals surface area (Å²) in [6.07, 6.45) is 1.76. The topological polar surface area (TPSA) is 144 Å². The Bertz CT molecular complexity index is 1660. The molecule has 3 N–H and O–H groups in total. The smallest absolute Gasteiger partial charge is 0.315 e. The molecule has 0 saturated heterocycles. The Morgan fingerprint density at radius 3 is 2.25 bits per heavy atom. The van der Waals surface area contributed by atoms with Crippen LogP contribution in [-0.4, -0.2) is 73.4 Å². The lowest BCUT2D eigenvalue weighted by atomic mass is 10.1. The third-order valence-corrected chi connectivity index (χ3v) is 7.64. The second-order valence-electron chi connectivity index (χ2n) is 11.8. The van der Waals surface area contributed by atoms with Crippen molar-refractivity contribution in [3.8, 4) is 17.2 Å². The zero-order valence-corrected chi connectivity index (χ0v) is 28.4. The number of amides is 4.